The highest BCUT2D eigenvalue weighted by Crippen LogP contribution is 2.47. The third-order valence-electron chi connectivity index (χ3n) is 4.15. The van der Waals surface area contributed by atoms with Crippen molar-refractivity contribution in [1.29, 1.82) is 0 Å². The molecular formula is C14H22O. The molecule has 0 bridgehead atoms. The normalized spacial score (nSPS) is 36.4. The highest BCUT2D eigenvalue weighted by atomic mass is 16.3. The van der Waals surface area contributed by atoms with E-state index in [1.807, 2.05) is 0 Å². The predicted molar refractivity (Wildman–Crippen MR) is 63.5 cm³/mol. The minimum absolute atomic E-state index is 0.301. The number of fused-ring (bicyclic) bond motifs is 1. The molecule has 84 valence electrons. The second kappa shape index (κ2) is 3.48. The van der Waals surface area contributed by atoms with Gasteiger partial charge in [0.15, 0.2) is 0 Å². The number of hydrogen-bond donors (Lipinski definition) is 1. The molecule has 0 aliphatic heterocycles. The first-order valence-electron chi connectivity index (χ1n) is 5.97. The lowest BCUT2D eigenvalue weighted by Crippen LogP contribution is -2.31. The highest BCUT2D eigenvalue weighted by molar-refractivity contribution is 5.36. The molecule has 0 spiro atoms. The second-order valence-electron chi connectivity index (χ2n) is 6.18. The van der Waals surface area contributed by atoms with Crippen molar-refractivity contribution in [1.82, 2.24) is 0 Å². The van der Waals surface area contributed by atoms with E-state index in [0.717, 1.165) is 24.3 Å². The lowest BCUT2D eigenvalue weighted by Gasteiger charge is -2.38. The van der Waals surface area contributed by atoms with Crippen LogP contribution in [0.2, 0.25) is 0 Å². The first kappa shape index (κ1) is 10.9. The molecule has 2 rings (SSSR count). The third-order valence-corrected chi connectivity index (χ3v) is 4.15. The van der Waals surface area contributed by atoms with E-state index in [-0.39, 0.29) is 6.10 Å². The molecule has 3 atom stereocenters. The fourth-order valence-corrected chi connectivity index (χ4v) is 2.98. The van der Waals surface area contributed by atoms with E-state index in [1.165, 1.54) is 12.0 Å². The molecule has 1 N–H and O–H groups in total. The molecule has 2 aliphatic carbocycles. The van der Waals surface area contributed by atoms with Crippen molar-refractivity contribution in [2.24, 2.45) is 17.3 Å². The first-order valence-corrected chi connectivity index (χ1v) is 5.97. The van der Waals surface area contributed by atoms with Gasteiger partial charge in [-0.25, -0.2) is 0 Å². The lowest BCUT2D eigenvalue weighted by molar-refractivity contribution is 0.103. The SMILES string of the molecule is C=C1C=C2CCC(C(C)(C)C)C[C@H]2[C@@H]1O. The van der Waals surface area contributed by atoms with Crippen molar-refractivity contribution in [2.75, 3.05) is 0 Å². The van der Waals surface area contributed by atoms with Crippen LogP contribution in [0.3, 0.4) is 0 Å². The summed E-state index contributed by atoms with van der Waals surface area (Å²) >= 11 is 0. The standard InChI is InChI=1S/C14H22O/c1-9-7-10-5-6-11(14(2,3)4)8-12(10)13(9)15/h7,11-13,15H,1,5-6,8H2,2-4H3/t11?,12-,13-/m1/s1. The summed E-state index contributed by atoms with van der Waals surface area (Å²) in [5, 5.41) is 10.0. The maximum Gasteiger partial charge on any atom is 0.0849 e. The number of aliphatic hydroxyl groups is 1. The molecule has 0 aromatic rings. The van der Waals surface area contributed by atoms with Crippen molar-refractivity contribution in [3.8, 4) is 0 Å². The fourth-order valence-electron chi connectivity index (χ4n) is 2.98. The van der Waals surface area contributed by atoms with Crippen molar-refractivity contribution in [2.45, 2.75) is 46.1 Å². The molecule has 0 aromatic heterocycles. The van der Waals surface area contributed by atoms with Gasteiger partial charge in [-0.05, 0) is 36.2 Å². The Morgan fingerprint density at radius 1 is 1.40 bits per heavy atom. The van der Waals surface area contributed by atoms with Gasteiger partial charge in [0.2, 0.25) is 0 Å². The molecule has 15 heavy (non-hydrogen) atoms. The Bertz CT molecular complexity index is 306. The summed E-state index contributed by atoms with van der Waals surface area (Å²) < 4.78 is 0. The van der Waals surface area contributed by atoms with Gasteiger partial charge in [-0.15, -0.1) is 0 Å². The zero-order valence-electron chi connectivity index (χ0n) is 10.1. The smallest absolute Gasteiger partial charge is 0.0849 e. The van der Waals surface area contributed by atoms with E-state index < -0.39 is 0 Å². The Kier molecular flexibility index (Phi) is 2.54. The van der Waals surface area contributed by atoms with Gasteiger partial charge in [0, 0.05) is 5.92 Å². The fraction of sp³-hybridized carbons (Fsp3) is 0.714. The Hall–Kier alpha value is -0.560. The Labute approximate surface area is 92.9 Å². The van der Waals surface area contributed by atoms with Crippen LogP contribution in [0.4, 0.5) is 0 Å². The second-order valence-corrected chi connectivity index (χ2v) is 6.18. The van der Waals surface area contributed by atoms with Crippen molar-refractivity contribution in [3.05, 3.63) is 23.8 Å². The molecular weight excluding hydrogens is 184 g/mol. The number of aliphatic hydroxyl groups excluding tert-OH is 1. The topological polar surface area (TPSA) is 20.2 Å². The molecule has 0 saturated heterocycles. The molecule has 0 radical (unpaired) electrons. The van der Waals surface area contributed by atoms with E-state index in [1.54, 1.807) is 0 Å². The van der Waals surface area contributed by atoms with Gasteiger partial charge in [0.1, 0.15) is 0 Å². The summed E-state index contributed by atoms with van der Waals surface area (Å²) in [4.78, 5) is 0. The minimum atomic E-state index is -0.301. The van der Waals surface area contributed by atoms with Gasteiger partial charge in [0.25, 0.3) is 0 Å². The lowest BCUT2D eigenvalue weighted by atomic mass is 9.67. The Morgan fingerprint density at radius 2 is 2.07 bits per heavy atom. The van der Waals surface area contributed by atoms with Crippen LogP contribution in [-0.2, 0) is 0 Å². The van der Waals surface area contributed by atoms with Crippen LogP contribution in [-0.4, -0.2) is 11.2 Å². The van der Waals surface area contributed by atoms with Gasteiger partial charge in [0.05, 0.1) is 6.10 Å². The van der Waals surface area contributed by atoms with E-state index in [2.05, 4.69) is 33.4 Å². The monoisotopic (exact) mass is 206 g/mol. The summed E-state index contributed by atoms with van der Waals surface area (Å²) in [5.74, 6) is 1.11. The molecule has 0 amide bonds. The van der Waals surface area contributed by atoms with Gasteiger partial charge in [-0.3, -0.25) is 0 Å². The number of rotatable bonds is 0. The summed E-state index contributed by atoms with van der Waals surface area (Å²) in [6.07, 6.45) is 5.38. The van der Waals surface area contributed by atoms with Crippen LogP contribution >= 0.6 is 0 Å². The molecule has 1 nitrogen and oxygen atoms in total. The largest absolute Gasteiger partial charge is 0.388 e. The van der Waals surface area contributed by atoms with Crippen LogP contribution in [0.15, 0.2) is 23.8 Å². The van der Waals surface area contributed by atoms with Gasteiger partial charge < -0.3 is 5.11 Å². The maximum absolute atomic E-state index is 10.0. The van der Waals surface area contributed by atoms with E-state index >= 15 is 0 Å². The predicted octanol–water partition coefficient (Wildman–Crippen LogP) is 3.31. The zero-order chi connectivity index (χ0) is 11.2. The molecule has 2 aliphatic rings. The van der Waals surface area contributed by atoms with Crippen LogP contribution in [0.5, 0.6) is 0 Å². The molecule has 1 saturated carbocycles. The minimum Gasteiger partial charge on any atom is -0.388 e. The van der Waals surface area contributed by atoms with Crippen molar-refractivity contribution < 1.29 is 5.11 Å². The molecule has 0 aromatic carbocycles. The quantitative estimate of drug-likeness (QED) is 0.644. The molecule has 1 unspecified atom stereocenters. The van der Waals surface area contributed by atoms with Crippen LogP contribution in [0.1, 0.15) is 40.0 Å². The highest BCUT2D eigenvalue weighted by Gasteiger charge is 2.39. The molecule has 1 heteroatoms. The van der Waals surface area contributed by atoms with Crippen molar-refractivity contribution >= 4 is 0 Å². The summed E-state index contributed by atoms with van der Waals surface area (Å²) in [6, 6.07) is 0. The van der Waals surface area contributed by atoms with Crippen molar-refractivity contribution in [3.63, 3.8) is 0 Å². The van der Waals surface area contributed by atoms with Crippen LogP contribution in [0, 0.1) is 17.3 Å². The van der Waals surface area contributed by atoms with Crippen LogP contribution < -0.4 is 0 Å². The van der Waals surface area contributed by atoms with Gasteiger partial charge >= 0.3 is 0 Å². The number of hydrogen-bond acceptors (Lipinski definition) is 1. The first-order chi connectivity index (χ1) is 6.89. The van der Waals surface area contributed by atoms with Gasteiger partial charge in [-0.1, -0.05) is 39.0 Å². The van der Waals surface area contributed by atoms with E-state index in [0.29, 0.717) is 11.3 Å². The van der Waals surface area contributed by atoms with E-state index in [4.69, 9.17) is 0 Å². The third kappa shape index (κ3) is 1.90. The average molecular weight is 206 g/mol. The summed E-state index contributed by atoms with van der Waals surface area (Å²) in [5.41, 5.74) is 2.73. The van der Waals surface area contributed by atoms with Gasteiger partial charge in [-0.2, -0.15) is 0 Å². The average Bonchev–Trinajstić information content (AvgIpc) is 2.41. The Morgan fingerprint density at radius 3 is 2.67 bits per heavy atom. The van der Waals surface area contributed by atoms with Crippen LogP contribution in [0.25, 0.3) is 0 Å². The molecule has 0 heterocycles. The van der Waals surface area contributed by atoms with E-state index in [9.17, 15) is 5.11 Å². The Balaban J connectivity index is 2.13. The molecule has 1 fully saturated rings. The zero-order valence-corrected chi connectivity index (χ0v) is 10.1. The summed E-state index contributed by atoms with van der Waals surface area (Å²) in [6.45, 7) is 10.8. The maximum atomic E-state index is 10.0. The summed E-state index contributed by atoms with van der Waals surface area (Å²) in [7, 11) is 0.